The normalized spacial score (nSPS) is 18.5. The minimum Gasteiger partial charge on any atom is -0.345 e. The Kier molecular flexibility index (Phi) is 4.62. The van der Waals surface area contributed by atoms with Crippen LogP contribution in [-0.2, 0) is 20.8 Å². The Labute approximate surface area is 157 Å². The average Bonchev–Trinajstić information content (AvgIpc) is 3.30. The maximum absolute atomic E-state index is 12.7. The molecule has 27 heavy (non-hydrogen) atoms. The van der Waals surface area contributed by atoms with E-state index < -0.39 is 6.04 Å². The maximum atomic E-state index is 12.7. The highest BCUT2D eigenvalue weighted by Crippen LogP contribution is 2.28. The highest BCUT2D eigenvalue weighted by Gasteiger charge is 2.37. The number of benzene rings is 2. The Hall–Kier alpha value is -3.15. The number of hydrogen-bond donors (Lipinski definition) is 1. The summed E-state index contributed by atoms with van der Waals surface area (Å²) in [7, 11) is 0. The van der Waals surface area contributed by atoms with Crippen LogP contribution in [0.15, 0.2) is 54.6 Å². The smallest absolute Gasteiger partial charge is 0.246 e. The van der Waals surface area contributed by atoms with Gasteiger partial charge in [-0.25, -0.2) is 0 Å². The zero-order valence-corrected chi connectivity index (χ0v) is 14.9. The summed E-state index contributed by atoms with van der Waals surface area (Å²) in [6, 6.07) is 16.4. The second-order valence-electron chi connectivity index (χ2n) is 6.80. The summed E-state index contributed by atoms with van der Waals surface area (Å²) in [5, 5.41) is 2.73. The summed E-state index contributed by atoms with van der Waals surface area (Å²) >= 11 is 0. The van der Waals surface area contributed by atoms with Crippen LogP contribution in [0.1, 0.15) is 18.4 Å². The summed E-state index contributed by atoms with van der Waals surface area (Å²) in [6.45, 7) is 0.562. The van der Waals surface area contributed by atoms with Crippen molar-refractivity contribution >= 4 is 29.1 Å². The van der Waals surface area contributed by atoms with Crippen molar-refractivity contribution in [2.45, 2.75) is 25.3 Å². The van der Waals surface area contributed by atoms with Crippen molar-refractivity contribution in [3.05, 3.63) is 60.2 Å². The molecule has 1 saturated heterocycles. The van der Waals surface area contributed by atoms with Gasteiger partial charge >= 0.3 is 0 Å². The van der Waals surface area contributed by atoms with E-state index in [1.807, 2.05) is 54.6 Å². The molecule has 1 atom stereocenters. The van der Waals surface area contributed by atoms with Gasteiger partial charge in [-0.1, -0.05) is 36.4 Å². The van der Waals surface area contributed by atoms with Crippen molar-refractivity contribution in [2.75, 3.05) is 22.9 Å². The predicted molar refractivity (Wildman–Crippen MR) is 102 cm³/mol. The molecule has 0 radical (unpaired) electrons. The Morgan fingerprint density at radius 1 is 1.00 bits per heavy atom. The maximum Gasteiger partial charge on any atom is 0.246 e. The van der Waals surface area contributed by atoms with E-state index in [9.17, 15) is 14.4 Å². The number of carbonyl (C=O) groups is 3. The number of anilines is 2. The lowest BCUT2D eigenvalue weighted by Crippen LogP contribution is -2.48. The summed E-state index contributed by atoms with van der Waals surface area (Å²) in [4.78, 5) is 40.7. The average molecular weight is 363 g/mol. The Morgan fingerprint density at radius 2 is 1.74 bits per heavy atom. The highest BCUT2D eigenvalue weighted by atomic mass is 16.2. The molecule has 0 aliphatic carbocycles. The number of fused-ring (bicyclic) bond motifs is 1. The minimum atomic E-state index is -0.571. The lowest BCUT2D eigenvalue weighted by Gasteiger charge is -2.24. The topological polar surface area (TPSA) is 69.7 Å². The fraction of sp³-hybridized carbons (Fsp3) is 0.286. The fourth-order valence-corrected chi connectivity index (χ4v) is 3.82. The predicted octanol–water partition coefficient (Wildman–Crippen LogP) is 1.89. The molecule has 0 saturated carbocycles. The Balaban J connectivity index is 1.41. The van der Waals surface area contributed by atoms with Gasteiger partial charge in [-0.15, -0.1) is 0 Å². The van der Waals surface area contributed by atoms with Crippen LogP contribution in [-0.4, -0.2) is 36.9 Å². The third-order valence-electron chi connectivity index (χ3n) is 5.15. The molecular weight excluding hydrogens is 342 g/mol. The Morgan fingerprint density at radius 3 is 2.56 bits per heavy atom. The molecule has 0 aromatic heterocycles. The van der Waals surface area contributed by atoms with Gasteiger partial charge in [0, 0.05) is 24.3 Å². The molecule has 1 fully saturated rings. The standard InChI is InChI=1S/C21H21N3O3/c25-19-11-10-18(24(19)16-7-2-1-3-8-16)21(27)22-14-20(26)23-13-12-15-6-4-5-9-17(15)23/h1-9,18H,10-14H2,(H,22,27). The van der Waals surface area contributed by atoms with Crippen molar-refractivity contribution in [3.8, 4) is 0 Å². The number of nitrogens with zero attached hydrogens (tertiary/aromatic N) is 2. The van der Waals surface area contributed by atoms with Crippen LogP contribution in [0.5, 0.6) is 0 Å². The highest BCUT2D eigenvalue weighted by molar-refractivity contribution is 6.05. The van der Waals surface area contributed by atoms with Crippen molar-refractivity contribution in [1.82, 2.24) is 5.32 Å². The number of hydrogen-bond acceptors (Lipinski definition) is 3. The van der Waals surface area contributed by atoms with E-state index >= 15 is 0 Å². The summed E-state index contributed by atoms with van der Waals surface area (Å²) in [6.07, 6.45) is 1.62. The first-order chi connectivity index (χ1) is 13.1. The number of para-hydroxylation sites is 2. The Bertz CT molecular complexity index is 881. The number of amides is 3. The molecule has 2 aromatic carbocycles. The molecule has 2 heterocycles. The van der Waals surface area contributed by atoms with Crippen molar-refractivity contribution in [2.24, 2.45) is 0 Å². The van der Waals surface area contributed by atoms with Gasteiger partial charge in [-0.05, 0) is 36.6 Å². The molecule has 1 unspecified atom stereocenters. The lowest BCUT2D eigenvalue weighted by molar-refractivity contribution is -0.126. The van der Waals surface area contributed by atoms with Crippen LogP contribution in [0.2, 0.25) is 0 Å². The van der Waals surface area contributed by atoms with Gasteiger partial charge in [0.05, 0.1) is 6.54 Å². The van der Waals surface area contributed by atoms with Crippen LogP contribution in [0.3, 0.4) is 0 Å². The first-order valence-corrected chi connectivity index (χ1v) is 9.18. The largest absolute Gasteiger partial charge is 0.345 e. The van der Waals surface area contributed by atoms with Crippen molar-refractivity contribution < 1.29 is 14.4 Å². The van der Waals surface area contributed by atoms with Gasteiger partial charge in [0.25, 0.3) is 0 Å². The first kappa shape index (κ1) is 17.3. The van der Waals surface area contributed by atoms with Gasteiger partial charge in [-0.3, -0.25) is 19.3 Å². The van der Waals surface area contributed by atoms with E-state index in [-0.39, 0.29) is 24.3 Å². The molecule has 6 heteroatoms. The van der Waals surface area contributed by atoms with E-state index in [1.165, 1.54) is 4.90 Å². The zero-order chi connectivity index (χ0) is 18.8. The van der Waals surface area contributed by atoms with E-state index in [4.69, 9.17) is 0 Å². The number of rotatable bonds is 4. The van der Waals surface area contributed by atoms with Gasteiger partial charge in [-0.2, -0.15) is 0 Å². The molecule has 6 nitrogen and oxygen atoms in total. The molecule has 2 aliphatic rings. The number of nitrogens with one attached hydrogen (secondary N) is 1. The molecule has 3 amide bonds. The fourth-order valence-electron chi connectivity index (χ4n) is 3.82. The second kappa shape index (κ2) is 7.23. The molecule has 2 aromatic rings. The van der Waals surface area contributed by atoms with E-state index in [1.54, 1.807) is 4.90 Å². The van der Waals surface area contributed by atoms with E-state index in [0.717, 1.165) is 17.7 Å². The van der Waals surface area contributed by atoms with Gasteiger partial charge in [0.1, 0.15) is 6.04 Å². The van der Waals surface area contributed by atoms with Gasteiger partial charge in [0.2, 0.25) is 17.7 Å². The minimum absolute atomic E-state index is 0.0684. The quantitative estimate of drug-likeness (QED) is 0.902. The van der Waals surface area contributed by atoms with Crippen LogP contribution < -0.4 is 15.1 Å². The molecular formula is C21H21N3O3. The van der Waals surface area contributed by atoms with Crippen LogP contribution in [0.4, 0.5) is 11.4 Å². The molecule has 1 N–H and O–H groups in total. The summed E-state index contributed by atoms with van der Waals surface area (Å²) in [5.74, 6) is -0.490. The van der Waals surface area contributed by atoms with Crippen LogP contribution in [0.25, 0.3) is 0 Å². The van der Waals surface area contributed by atoms with Crippen molar-refractivity contribution in [3.63, 3.8) is 0 Å². The van der Waals surface area contributed by atoms with E-state index in [2.05, 4.69) is 5.32 Å². The molecule has 138 valence electrons. The van der Waals surface area contributed by atoms with Crippen molar-refractivity contribution in [1.29, 1.82) is 0 Å². The molecule has 2 aliphatic heterocycles. The molecule has 0 bridgehead atoms. The number of carbonyl (C=O) groups excluding carboxylic acids is 3. The first-order valence-electron chi connectivity index (χ1n) is 9.18. The lowest BCUT2D eigenvalue weighted by atomic mass is 10.2. The monoisotopic (exact) mass is 363 g/mol. The SMILES string of the molecule is O=C(NCC(=O)N1CCc2ccccc21)C1CCC(=O)N1c1ccccc1. The van der Waals surface area contributed by atoms with Gasteiger partial charge < -0.3 is 10.2 Å². The summed E-state index contributed by atoms with van der Waals surface area (Å²) in [5.41, 5.74) is 2.77. The van der Waals surface area contributed by atoms with E-state index in [0.29, 0.717) is 25.1 Å². The molecule has 4 rings (SSSR count). The third kappa shape index (κ3) is 3.30. The van der Waals surface area contributed by atoms with Gasteiger partial charge in [0.15, 0.2) is 0 Å². The van der Waals surface area contributed by atoms with Crippen LogP contribution >= 0.6 is 0 Å². The second-order valence-corrected chi connectivity index (χ2v) is 6.80. The third-order valence-corrected chi connectivity index (χ3v) is 5.15. The summed E-state index contributed by atoms with van der Waals surface area (Å²) < 4.78 is 0. The molecule has 0 spiro atoms. The van der Waals surface area contributed by atoms with Crippen LogP contribution in [0, 0.1) is 0 Å². The zero-order valence-electron chi connectivity index (χ0n) is 14.9.